The zero-order valence-corrected chi connectivity index (χ0v) is 19.7. The zero-order valence-electron chi connectivity index (χ0n) is 17.4. The first-order chi connectivity index (χ1) is 13.3. The van der Waals surface area contributed by atoms with E-state index in [0.717, 1.165) is 51.8 Å². The summed E-state index contributed by atoms with van der Waals surface area (Å²) in [7, 11) is 1.77. The monoisotopic (exact) mass is 504 g/mol. The lowest BCUT2D eigenvalue weighted by Gasteiger charge is -2.31. The molecule has 0 aliphatic carbocycles. The highest BCUT2D eigenvalue weighted by atomic mass is 127. The van der Waals surface area contributed by atoms with Gasteiger partial charge in [0.2, 0.25) is 0 Å². The standard InChI is InChI=1S/C21H36N4O2.HI/c1-3-22-21(23-11-15-27-18-20-7-5-4-6-8-20)24-17-19-9-12-25(13-10-19)14-16-26-2;/h4-8,19H,3,9-18H2,1-2H3,(H2,22,23,24);1H. The summed E-state index contributed by atoms with van der Waals surface area (Å²) in [5.74, 6) is 1.57. The van der Waals surface area contributed by atoms with Crippen molar-refractivity contribution in [2.75, 3.05) is 59.6 Å². The van der Waals surface area contributed by atoms with Crippen LogP contribution < -0.4 is 10.6 Å². The molecule has 1 aromatic carbocycles. The van der Waals surface area contributed by atoms with Crippen molar-refractivity contribution >= 4 is 29.9 Å². The maximum Gasteiger partial charge on any atom is 0.191 e. The van der Waals surface area contributed by atoms with Gasteiger partial charge < -0.3 is 25.0 Å². The van der Waals surface area contributed by atoms with E-state index in [1.807, 2.05) is 18.2 Å². The summed E-state index contributed by atoms with van der Waals surface area (Å²) in [6, 6.07) is 10.3. The summed E-state index contributed by atoms with van der Waals surface area (Å²) in [6.45, 7) is 10.1. The molecule has 2 rings (SSSR count). The van der Waals surface area contributed by atoms with E-state index in [1.165, 1.54) is 18.4 Å². The van der Waals surface area contributed by atoms with Crippen molar-refractivity contribution in [2.45, 2.75) is 26.4 Å². The van der Waals surface area contributed by atoms with Gasteiger partial charge in [-0.25, -0.2) is 0 Å². The van der Waals surface area contributed by atoms with Crippen LogP contribution in [0.1, 0.15) is 25.3 Å². The number of aliphatic imine (C=N–C) groups is 1. The van der Waals surface area contributed by atoms with Crippen molar-refractivity contribution in [1.82, 2.24) is 15.5 Å². The average molecular weight is 504 g/mol. The van der Waals surface area contributed by atoms with Crippen LogP contribution in [0.4, 0.5) is 0 Å². The van der Waals surface area contributed by atoms with Gasteiger partial charge in [0.25, 0.3) is 0 Å². The largest absolute Gasteiger partial charge is 0.383 e. The molecule has 0 bridgehead atoms. The minimum absolute atomic E-state index is 0. The Labute approximate surface area is 187 Å². The predicted molar refractivity (Wildman–Crippen MR) is 127 cm³/mol. The van der Waals surface area contributed by atoms with Gasteiger partial charge in [-0.2, -0.15) is 0 Å². The van der Waals surface area contributed by atoms with Crippen LogP contribution in [-0.4, -0.2) is 70.5 Å². The number of rotatable bonds is 11. The lowest BCUT2D eigenvalue weighted by Crippen LogP contribution is -2.40. The van der Waals surface area contributed by atoms with Crippen LogP contribution in [0.3, 0.4) is 0 Å². The van der Waals surface area contributed by atoms with Crippen LogP contribution in [0.15, 0.2) is 35.3 Å². The minimum Gasteiger partial charge on any atom is -0.383 e. The Bertz CT molecular complexity index is 522. The molecule has 0 spiro atoms. The molecular weight excluding hydrogens is 467 g/mol. The Morgan fingerprint density at radius 3 is 2.57 bits per heavy atom. The Balaban J connectivity index is 0.00000392. The number of nitrogens with zero attached hydrogens (tertiary/aromatic N) is 2. The van der Waals surface area contributed by atoms with Crippen LogP contribution in [0.2, 0.25) is 0 Å². The molecule has 1 fully saturated rings. The molecule has 1 heterocycles. The number of likely N-dealkylation sites (tertiary alicyclic amines) is 1. The lowest BCUT2D eigenvalue weighted by molar-refractivity contribution is 0.121. The quantitative estimate of drug-likeness (QED) is 0.210. The smallest absolute Gasteiger partial charge is 0.191 e. The SMILES string of the molecule is CCNC(=NCC1CCN(CCOC)CC1)NCCOCc1ccccc1.I. The van der Waals surface area contributed by atoms with Crippen LogP contribution in [-0.2, 0) is 16.1 Å². The predicted octanol–water partition coefficient (Wildman–Crippen LogP) is 2.73. The highest BCUT2D eigenvalue weighted by molar-refractivity contribution is 14.0. The number of halogens is 1. The molecule has 160 valence electrons. The maximum absolute atomic E-state index is 5.73. The van der Waals surface area contributed by atoms with Crippen LogP contribution >= 0.6 is 24.0 Å². The van der Waals surface area contributed by atoms with Crippen molar-refractivity contribution in [3.63, 3.8) is 0 Å². The first-order valence-electron chi connectivity index (χ1n) is 10.2. The zero-order chi connectivity index (χ0) is 19.2. The third kappa shape index (κ3) is 10.6. The van der Waals surface area contributed by atoms with Crippen molar-refractivity contribution in [3.05, 3.63) is 35.9 Å². The number of ether oxygens (including phenoxy) is 2. The highest BCUT2D eigenvalue weighted by Gasteiger charge is 2.18. The first kappa shape index (κ1) is 25.1. The molecule has 0 radical (unpaired) electrons. The van der Waals surface area contributed by atoms with E-state index in [2.05, 4.69) is 34.6 Å². The van der Waals surface area contributed by atoms with Gasteiger partial charge in [0.05, 0.1) is 19.8 Å². The van der Waals surface area contributed by atoms with E-state index >= 15 is 0 Å². The van der Waals surface area contributed by atoms with E-state index in [4.69, 9.17) is 14.5 Å². The number of nitrogens with one attached hydrogen (secondary N) is 2. The third-order valence-electron chi connectivity index (χ3n) is 4.82. The Kier molecular flexibility index (Phi) is 14.3. The Hall–Kier alpha value is -0.900. The van der Waals surface area contributed by atoms with E-state index in [1.54, 1.807) is 7.11 Å². The molecule has 1 saturated heterocycles. The van der Waals surface area contributed by atoms with Gasteiger partial charge in [0.15, 0.2) is 5.96 Å². The van der Waals surface area contributed by atoms with Gasteiger partial charge >= 0.3 is 0 Å². The summed E-state index contributed by atoms with van der Waals surface area (Å²) in [4.78, 5) is 7.26. The lowest BCUT2D eigenvalue weighted by atomic mass is 9.97. The van der Waals surface area contributed by atoms with Crippen LogP contribution in [0.5, 0.6) is 0 Å². The van der Waals surface area contributed by atoms with E-state index < -0.39 is 0 Å². The van der Waals surface area contributed by atoms with Gasteiger partial charge in [-0.15, -0.1) is 24.0 Å². The van der Waals surface area contributed by atoms with Crippen LogP contribution in [0, 0.1) is 5.92 Å². The topological polar surface area (TPSA) is 58.1 Å². The molecule has 0 amide bonds. The molecule has 1 aliphatic rings. The van der Waals surface area contributed by atoms with Crippen molar-refractivity contribution in [3.8, 4) is 0 Å². The molecular formula is C21H37IN4O2. The van der Waals surface area contributed by atoms with E-state index in [0.29, 0.717) is 19.1 Å². The highest BCUT2D eigenvalue weighted by Crippen LogP contribution is 2.17. The summed E-state index contributed by atoms with van der Waals surface area (Å²) in [6.07, 6.45) is 2.43. The number of guanidine groups is 1. The molecule has 7 heteroatoms. The second-order valence-corrected chi connectivity index (χ2v) is 6.96. The molecule has 0 aromatic heterocycles. The summed E-state index contributed by atoms with van der Waals surface area (Å²) in [5, 5.41) is 6.69. The Morgan fingerprint density at radius 2 is 1.89 bits per heavy atom. The van der Waals surface area contributed by atoms with Crippen molar-refractivity contribution < 1.29 is 9.47 Å². The second-order valence-electron chi connectivity index (χ2n) is 6.96. The number of piperidine rings is 1. The van der Waals surface area contributed by atoms with Crippen molar-refractivity contribution in [2.24, 2.45) is 10.9 Å². The van der Waals surface area contributed by atoms with Gasteiger partial charge in [-0.05, 0) is 44.3 Å². The Morgan fingerprint density at radius 1 is 1.14 bits per heavy atom. The van der Waals surface area contributed by atoms with Crippen molar-refractivity contribution in [1.29, 1.82) is 0 Å². The van der Waals surface area contributed by atoms with E-state index in [9.17, 15) is 0 Å². The normalized spacial score (nSPS) is 15.9. The average Bonchev–Trinajstić information content (AvgIpc) is 2.71. The van der Waals surface area contributed by atoms with E-state index in [-0.39, 0.29) is 24.0 Å². The minimum atomic E-state index is 0. The fourth-order valence-electron chi connectivity index (χ4n) is 3.18. The third-order valence-corrected chi connectivity index (χ3v) is 4.82. The second kappa shape index (κ2) is 16.0. The van der Waals surface area contributed by atoms with Gasteiger partial charge in [-0.3, -0.25) is 4.99 Å². The fourth-order valence-corrected chi connectivity index (χ4v) is 3.18. The first-order valence-corrected chi connectivity index (χ1v) is 10.2. The molecule has 0 atom stereocenters. The molecule has 1 aromatic rings. The molecule has 0 saturated carbocycles. The molecule has 28 heavy (non-hydrogen) atoms. The molecule has 6 nitrogen and oxygen atoms in total. The van der Waals surface area contributed by atoms with Gasteiger partial charge in [-0.1, -0.05) is 30.3 Å². The number of hydrogen-bond donors (Lipinski definition) is 2. The molecule has 1 aliphatic heterocycles. The summed E-state index contributed by atoms with van der Waals surface area (Å²) >= 11 is 0. The fraction of sp³-hybridized carbons (Fsp3) is 0.667. The number of benzene rings is 1. The summed E-state index contributed by atoms with van der Waals surface area (Å²) in [5.41, 5.74) is 1.20. The van der Waals surface area contributed by atoms with Gasteiger partial charge in [0, 0.05) is 33.3 Å². The molecule has 0 unspecified atom stereocenters. The van der Waals surface area contributed by atoms with Crippen LogP contribution in [0.25, 0.3) is 0 Å². The number of methoxy groups -OCH3 is 1. The number of hydrogen-bond acceptors (Lipinski definition) is 4. The molecule has 2 N–H and O–H groups in total. The van der Waals surface area contributed by atoms with Gasteiger partial charge in [0.1, 0.15) is 0 Å². The maximum atomic E-state index is 5.73. The summed E-state index contributed by atoms with van der Waals surface area (Å²) < 4.78 is 10.9.